The standard InChI is InChI=1S/C16H19NO2S/c1-2-3-11-16(14-8-7-12-17-13-14)20(18,19)15-9-5-4-6-10-15/h4-10,12-13,16H,2-3,11H2,1H3. The number of aromatic nitrogens is 1. The van der Waals surface area contributed by atoms with Crippen molar-refractivity contribution in [3.05, 3.63) is 60.4 Å². The lowest BCUT2D eigenvalue weighted by atomic mass is 10.1. The topological polar surface area (TPSA) is 47.0 Å². The van der Waals surface area contributed by atoms with Gasteiger partial charge in [0.05, 0.1) is 10.1 Å². The van der Waals surface area contributed by atoms with E-state index in [1.165, 1.54) is 0 Å². The molecule has 1 atom stereocenters. The largest absolute Gasteiger partial charge is 0.264 e. The van der Waals surface area contributed by atoms with Gasteiger partial charge in [-0.3, -0.25) is 4.98 Å². The second kappa shape index (κ2) is 6.66. The van der Waals surface area contributed by atoms with Gasteiger partial charge in [-0.15, -0.1) is 0 Å². The van der Waals surface area contributed by atoms with Gasteiger partial charge in [0.2, 0.25) is 0 Å². The Morgan fingerprint density at radius 2 is 1.85 bits per heavy atom. The summed E-state index contributed by atoms with van der Waals surface area (Å²) in [6.45, 7) is 2.06. The van der Waals surface area contributed by atoms with Crippen LogP contribution in [0.25, 0.3) is 0 Å². The highest BCUT2D eigenvalue weighted by Gasteiger charge is 2.28. The van der Waals surface area contributed by atoms with E-state index in [0.29, 0.717) is 11.3 Å². The number of hydrogen-bond donors (Lipinski definition) is 0. The first-order valence-electron chi connectivity index (χ1n) is 6.85. The molecule has 0 aliphatic heterocycles. The first-order chi connectivity index (χ1) is 9.66. The summed E-state index contributed by atoms with van der Waals surface area (Å²) in [5.74, 6) is 0. The Bertz CT molecular complexity index is 624. The molecule has 0 N–H and O–H groups in total. The molecule has 2 rings (SSSR count). The summed E-state index contributed by atoms with van der Waals surface area (Å²) in [4.78, 5) is 4.44. The Kier molecular flexibility index (Phi) is 4.90. The van der Waals surface area contributed by atoms with Crippen LogP contribution in [0.4, 0.5) is 0 Å². The fourth-order valence-corrected chi connectivity index (χ4v) is 4.07. The van der Waals surface area contributed by atoms with Gasteiger partial charge in [-0.05, 0) is 30.2 Å². The third kappa shape index (κ3) is 3.25. The first kappa shape index (κ1) is 14.7. The van der Waals surface area contributed by atoms with Crippen LogP contribution in [0.5, 0.6) is 0 Å². The molecule has 4 heteroatoms. The average Bonchev–Trinajstić information content (AvgIpc) is 2.49. The zero-order chi connectivity index (χ0) is 14.4. The lowest BCUT2D eigenvalue weighted by Gasteiger charge is -2.17. The highest BCUT2D eigenvalue weighted by atomic mass is 32.2. The van der Waals surface area contributed by atoms with Crippen LogP contribution in [-0.2, 0) is 9.84 Å². The van der Waals surface area contributed by atoms with Crippen LogP contribution in [-0.4, -0.2) is 13.4 Å². The van der Waals surface area contributed by atoms with E-state index < -0.39 is 15.1 Å². The highest BCUT2D eigenvalue weighted by molar-refractivity contribution is 7.91. The molecule has 0 saturated carbocycles. The molecule has 0 radical (unpaired) electrons. The zero-order valence-electron chi connectivity index (χ0n) is 11.6. The summed E-state index contributed by atoms with van der Waals surface area (Å²) in [5, 5.41) is -0.515. The summed E-state index contributed by atoms with van der Waals surface area (Å²) in [6.07, 6.45) is 5.79. The van der Waals surface area contributed by atoms with Gasteiger partial charge in [-0.25, -0.2) is 8.42 Å². The number of benzene rings is 1. The smallest absolute Gasteiger partial charge is 0.185 e. The van der Waals surface area contributed by atoms with Gasteiger partial charge in [0.25, 0.3) is 0 Å². The first-order valence-corrected chi connectivity index (χ1v) is 8.39. The van der Waals surface area contributed by atoms with E-state index >= 15 is 0 Å². The predicted octanol–water partition coefficient (Wildman–Crippen LogP) is 3.79. The number of hydrogen-bond acceptors (Lipinski definition) is 3. The molecule has 20 heavy (non-hydrogen) atoms. The fourth-order valence-electron chi connectivity index (χ4n) is 2.23. The van der Waals surface area contributed by atoms with Crippen molar-refractivity contribution in [3.8, 4) is 0 Å². The van der Waals surface area contributed by atoms with Gasteiger partial charge in [0.15, 0.2) is 9.84 Å². The Labute approximate surface area is 120 Å². The van der Waals surface area contributed by atoms with Crippen molar-refractivity contribution in [3.63, 3.8) is 0 Å². The van der Waals surface area contributed by atoms with Crippen LogP contribution in [0.1, 0.15) is 37.0 Å². The minimum Gasteiger partial charge on any atom is -0.264 e. The Morgan fingerprint density at radius 1 is 1.10 bits per heavy atom. The SMILES string of the molecule is CCCCC(c1cccnc1)S(=O)(=O)c1ccccc1. The van der Waals surface area contributed by atoms with E-state index in [4.69, 9.17) is 0 Å². The van der Waals surface area contributed by atoms with Crippen LogP contribution in [0, 0.1) is 0 Å². The molecule has 0 spiro atoms. The second-order valence-electron chi connectivity index (χ2n) is 4.78. The number of rotatable bonds is 6. The van der Waals surface area contributed by atoms with E-state index in [-0.39, 0.29) is 0 Å². The third-order valence-electron chi connectivity index (χ3n) is 3.32. The lowest BCUT2D eigenvalue weighted by Crippen LogP contribution is -2.14. The van der Waals surface area contributed by atoms with Crippen molar-refractivity contribution < 1.29 is 8.42 Å². The van der Waals surface area contributed by atoms with Crippen molar-refractivity contribution in [2.75, 3.05) is 0 Å². The Balaban J connectivity index is 2.41. The average molecular weight is 289 g/mol. The second-order valence-corrected chi connectivity index (χ2v) is 6.91. The number of unbranched alkanes of at least 4 members (excludes halogenated alkanes) is 1. The van der Waals surface area contributed by atoms with E-state index in [2.05, 4.69) is 11.9 Å². The predicted molar refractivity (Wildman–Crippen MR) is 80.1 cm³/mol. The molecule has 106 valence electrons. The molecular weight excluding hydrogens is 270 g/mol. The van der Waals surface area contributed by atoms with Gasteiger partial charge in [0.1, 0.15) is 0 Å². The van der Waals surface area contributed by atoms with Crippen molar-refractivity contribution in [1.29, 1.82) is 0 Å². The van der Waals surface area contributed by atoms with E-state index in [9.17, 15) is 8.42 Å². The molecular formula is C16H19NO2S. The number of nitrogens with zero attached hydrogens (tertiary/aromatic N) is 1. The minimum absolute atomic E-state index is 0.380. The molecule has 0 bridgehead atoms. The van der Waals surface area contributed by atoms with Crippen LogP contribution in [0.2, 0.25) is 0 Å². The maximum Gasteiger partial charge on any atom is 0.185 e. The molecule has 2 aromatic rings. The molecule has 1 unspecified atom stereocenters. The molecule has 1 heterocycles. The van der Waals surface area contributed by atoms with Crippen molar-refractivity contribution >= 4 is 9.84 Å². The van der Waals surface area contributed by atoms with E-state index in [1.54, 1.807) is 42.7 Å². The molecule has 1 aromatic heterocycles. The maximum atomic E-state index is 12.8. The summed E-state index contributed by atoms with van der Waals surface area (Å²) in [7, 11) is -3.37. The van der Waals surface area contributed by atoms with E-state index in [1.807, 2.05) is 12.1 Å². The summed E-state index contributed by atoms with van der Waals surface area (Å²) >= 11 is 0. The monoisotopic (exact) mass is 289 g/mol. The molecule has 0 amide bonds. The van der Waals surface area contributed by atoms with Gasteiger partial charge in [0, 0.05) is 12.4 Å². The molecule has 0 aliphatic carbocycles. The highest BCUT2D eigenvalue weighted by Crippen LogP contribution is 2.32. The van der Waals surface area contributed by atoms with Gasteiger partial charge in [-0.1, -0.05) is 44.0 Å². The molecule has 1 aromatic carbocycles. The summed E-state index contributed by atoms with van der Waals surface area (Å²) in [5.41, 5.74) is 0.768. The quantitative estimate of drug-likeness (QED) is 0.813. The Morgan fingerprint density at radius 3 is 2.45 bits per heavy atom. The minimum atomic E-state index is -3.37. The number of pyridine rings is 1. The summed E-state index contributed by atoms with van der Waals surface area (Å²) in [6, 6.07) is 12.3. The molecule has 0 saturated heterocycles. The van der Waals surface area contributed by atoms with Gasteiger partial charge >= 0.3 is 0 Å². The van der Waals surface area contributed by atoms with Crippen LogP contribution >= 0.6 is 0 Å². The normalized spacial score (nSPS) is 13.1. The Hall–Kier alpha value is -1.68. The van der Waals surface area contributed by atoms with Crippen molar-refractivity contribution in [1.82, 2.24) is 4.98 Å². The maximum absolute atomic E-state index is 12.8. The fraction of sp³-hybridized carbons (Fsp3) is 0.312. The summed E-state index contributed by atoms with van der Waals surface area (Å²) < 4.78 is 25.6. The van der Waals surface area contributed by atoms with Crippen molar-refractivity contribution in [2.45, 2.75) is 36.3 Å². The van der Waals surface area contributed by atoms with Gasteiger partial charge in [-0.2, -0.15) is 0 Å². The lowest BCUT2D eigenvalue weighted by molar-refractivity contribution is 0.568. The molecule has 0 aliphatic rings. The van der Waals surface area contributed by atoms with Gasteiger partial charge < -0.3 is 0 Å². The van der Waals surface area contributed by atoms with Crippen LogP contribution in [0.3, 0.4) is 0 Å². The molecule has 3 nitrogen and oxygen atoms in total. The zero-order valence-corrected chi connectivity index (χ0v) is 12.4. The van der Waals surface area contributed by atoms with Crippen LogP contribution in [0.15, 0.2) is 59.8 Å². The molecule has 0 fully saturated rings. The van der Waals surface area contributed by atoms with Crippen LogP contribution < -0.4 is 0 Å². The van der Waals surface area contributed by atoms with E-state index in [0.717, 1.165) is 18.4 Å². The third-order valence-corrected chi connectivity index (χ3v) is 5.51. The van der Waals surface area contributed by atoms with Crippen molar-refractivity contribution in [2.24, 2.45) is 0 Å². The number of sulfone groups is 1.